The number of rotatable bonds is 6. The molecule has 3 heterocycles. The molecule has 2 aromatic heterocycles. The molecular weight excluding hydrogens is 446 g/mol. The number of morpholine rings is 1. The van der Waals surface area contributed by atoms with E-state index in [2.05, 4.69) is 50.9 Å². The molecule has 7 nitrogen and oxygen atoms in total. The molecule has 172 valence electrons. The van der Waals surface area contributed by atoms with Gasteiger partial charge in [-0.25, -0.2) is 0 Å². The van der Waals surface area contributed by atoms with Gasteiger partial charge in [0.05, 0.1) is 13.2 Å². The average Bonchev–Trinajstić information content (AvgIpc) is 3.33. The van der Waals surface area contributed by atoms with Crippen LogP contribution < -0.4 is 0 Å². The minimum Gasteiger partial charge on any atom is -0.378 e. The predicted octanol–water partition coefficient (Wildman–Crippen LogP) is 4.40. The van der Waals surface area contributed by atoms with Gasteiger partial charge in [0.1, 0.15) is 0 Å². The SMILES string of the molecule is Cc1ccc(-n2c(SCc3ccc(C(=O)N4CCOCC4)cc3)nnc2-c2cccnc2)cc1. The summed E-state index contributed by atoms with van der Waals surface area (Å²) in [4.78, 5) is 18.8. The Balaban J connectivity index is 1.36. The number of pyridine rings is 1. The molecule has 0 spiro atoms. The number of nitrogens with zero attached hydrogens (tertiary/aromatic N) is 5. The monoisotopic (exact) mass is 471 g/mol. The lowest BCUT2D eigenvalue weighted by Gasteiger charge is -2.26. The van der Waals surface area contributed by atoms with Crippen molar-refractivity contribution >= 4 is 17.7 Å². The number of amides is 1. The first-order valence-electron chi connectivity index (χ1n) is 11.2. The zero-order valence-electron chi connectivity index (χ0n) is 18.9. The van der Waals surface area contributed by atoms with Crippen molar-refractivity contribution in [3.63, 3.8) is 0 Å². The molecule has 0 unspecified atom stereocenters. The third-order valence-corrected chi connectivity index (χ3v) is 6.71. The van der Waals surface area contributed by atoms with Gasteiger partial charge in [0.2, 0.25) is 0 Å². The van der Waals surface area contributed by atoms with Gasteiger partial charge in [0.15, 0.2) is 11.0 Å². The molecule has 0 aliphatic carbocycles. The zero-order chi connectivity index (χ0) is 23.3. The number of thioether (sulfide) groups is 1. The van der Waals surface area contributed by atoms with Gasteiger partial charge in [-0.1, -0.05) is 41.6 Å². The predicted molar refractivity (Wildman–Crippen MR) is 132 cm³/mol. The minimum absolute atomic E-state index is 0.0581. The lowest BCUT2D eigenvalue weighted by molar-refractivity contribution is 0.0303. The van der Waals surface area contributed by atoms with Crippen LogP contribution in [0.2, 0.25) is 0 Å². The Bertz CT molecular complexity index is 1250. The second-order valence-corrected chi connectivity index (χ2v) is 9.05. The van der Waals surface area contributed by atoms with Crippen LogP contribution >= 0.6 is 11.8 Å². The van der Waals surface area contributed by atoms with Gasteiger partial charge in [0.25, 0.3) is 5.91 Å². The quantitative estimate of drug-likeness (QED) is 0.388. The van der Waals surface area contributed by atoms with Gasteiger partial charge >= 0.3 is 0 Å². The molecular formula is C26H25N5O2S. The summed E-state index contributed by atoms with van der Waals surface area (Å²) >= 11 is 1.61. The van der Waals surface area contributed by atoms with Crippen molar-refractivity contribution in [2.75, 3.05) is 26.3 Å². The maximum Gasteiger partial charge on any atom is 0.254 e. The lowest BCUT2D eigenvalue weighted by Crippen LogP contribution is -2.40. The molecule has 4 aromatic rings. The van der Waals surface area contributed by atoms with E-state index in [1.54, 1.807) is 24.2 Å². The largest absolute Gasteiger partial charge is 0.378 e. The molecule has 0 atom stereocenters. The van der Waals surface area contributed by atoms with Crippen molar-refractivity contribution in [3.05, 3.63) is 89.7 Å². The highest BCUT2D eigenvalue weighted by atomic mass is 32.2. The van der Waals surface area contributed by atoms with Crippen molar-refractivity contribution in [3.8, 4) is 17.1 Å². The van der Waals surface area contributed by atoms with E-state index in [-0.39, 0.29) is 5.91 Å². The normalized spacial score (nSPS) is 13.7. The smallest absolute Gasteiger partial charge is 0.254 e. The van der Waals surface area contributed by atoms with E-state index in [9.17, 15) is 4.79 Å². The van der Waals surface area contributed by atoms with Gasteiger partial charge < -0.3 is 9.64 Å². The molecule has 1 saturated heterocycles. The first kappa shape index (κ1) is 22.3. The minimum atomic E-state index is 0.0581. The van der Waals surface area contributed by atoms with Crippen LogP contribution in [0.3, 0.4) is 0 Å². The van der Waals surface area contributed by atoms with E-state index in [1.165, 1.54) is 5.56 Å². The van der Waals surface area contributed by atoms with Crippen molar-refractivity contribution < 1.29 is 9.53 Å². The summed E-state index contributed by atoms with van der Waals surface area (Å²) < 4.78 is 7.41. The standard InChI is InChI=1S/C26H25N5O2S/c1-19-4-10-23(11-5-19)31-24(22-3-2-12-27-17-22)28-29-26(31)34-18-20-6-8-21(9-7-20)25(32)30-13-15-33-16-14-30/h2-12,17H,13-16,18H2,1H3. The van der Waals surface area contributed by atoms with E-state index in [1.807, 2.05) is 41.3 Å². The number of hydrogen-bond donors (Lipinski definition) is 0. The molecule has 0 bridgehead atoms. The highest BCUT2D eigenvalue weighted by Gasteiger charge is 2.19. The Morgan fingerprint density at radius 3 is 2.47 bits per heavy atom. The van der Waals surface area contributed by atoms with Crippen LogP contribution in [0.5, 0.6) is 0 Å². The van der Waals surface area contributed by atoms with Crippen LogP contribution in [0, 0.1) is 6.92 Å². The van der Waals surface area contributed by atoms with Crippen LogP contribution in [0.25, 0.3) is 17.1 Å². The van der Waals surface area contributed by atoms with Crippen molar-refractivity contribution in [1.29, 1.82) is 0 Å². The van der Waals surface area contributed by atoms with E-state index in [0.717, 1.165) is 27.8 Å². The Morgan fingerprint density at radius 1 is 1.00 bits per heavy atom. The maximum atomic E-state index is 12.7. The van der Waals surface area contributed by atoms with Gasteiger partial charge in [-0.2, -0.15) is 0 Å². The molecule has 0 N–H and O–H groups in total. The summed E-state index contributed by atoms with van der Waals surface area (Å²) in [5, 5.41) is 9.77. The fraction of sp³-hybridized carbons (Fsp3) is 0.231. The van der Waals surface area contributed by atoms with E-state index >= 15 is 0 Å². The molecule has 5 rings (SSSR count). The lowest BCUT2D eigenvalue weighted by atomic mass is 10.1. The third kappa shape index (κ3) is 4.88. The van der Waals surface area contributed by atoms with E-state index in [4.69, 9.17) is 4.74 Å². The second-order valence-electron chi connectivity index (χ2n) is 8.11. The fourth-order valence-electron chi connectivity index (χ4n) is 3.81. The van der Waals surface area contributed by atoms with Crippen molar-refractivity contribution in [2.45, 2.75) is 17.8 Å². The topological polar surface area (TPSA) is 73.1 Å². The second kappa shape index (κ2) is 10.2. The molecule has 34 heavy (non-hydrogen) atoms. The number of benzene rings is 2. The zero-order valence-corrected chi connectivity index (χ0v) is 19.7. The summed E-state index contributed by atoms with van der Waals surface area (Å²) in [5.74, 6) is 1.52. The Kier molecular flexibility index (Phi) is 6.69. The summed E-state index contributed by atoms with van der Waals surface area (Å²) in [6.45, 7) is 4.56. The van der Waals surface area contributed by atoms with Crippen LogP contribution in [0.15, 0.2) is 78.2 Å². The maximum absolute atomic E-state index is 12.7. The number of carbonyl (C=O) groups is 1. The van der Waals surface area contributed by atoms with Gasteiger partial charge in [-0.3, -0.25) is 14.3 Å². The summed E-state index contributed by atoms with van der Waals surface area (Å²) in [5.41, 5.74) is 4.93. The number of hydrogen-bond acceptors (Lipinski definition) is 6. The van der Waals surface area contributed by atoms with E-state index in [0.29, 0.717) is 37.6 Å². The Labute approximate surface area is 202 Å². The molecule has 1 aliphatic rings. The number of aromatic nitrogens is 4. The molecule has 1 amide bonds. The number of aryl methyl sites for hydroxylation is 1. The van der Waals surface area contributed by atoms with Gasteiger partial charge in [-0.15, -0.1) is 10.2 Å². The summed E-state index contributed by atoms with van der Waals surface area (Å²) in [6, 6.07) is 20.0. The molecule has 1 aliphatic heterocycles. The third-order valence-electron chi connectivity index (χ3n) is 5.71. The molecule has 0 radical (unpaired) electrons. The summed E-state index contributed by atoms with van der Waals surface area (Å²) in [7, 11) is 0. The molecule has 1 fully saturated rings. The molecule has 0 saturated carbocycles. The first-order chi connectivity index (χ1) is 16.7. The summed E-state index contributed by atoms with van der Waals surface area (Å²) in [6.07, 6.45) is 3.55. The Morgan fingerprint density at radius 2 is 1.76 bits per heavy atom. The fourth-order valence-corrected chi connectivity index (χ4v) is 4.72. The van der Waals surface area contributed by atoms with Gasteiger partial charge in [0, 0.05) is 48.1 Å². The number of ether oxygens (including phenoxy) is 1. The van der Waals surface area contributed by atoms with Crippen LogP contribution in [-0.2, 0) is 10.5 Å². The van der Waals surface area contributed by atoms with Crippen LogP contribution in [0.1, 0.15) is 21.5 Å². The average molecular weight is 472 g/mol. The van der Waals surface area contributed by atoms with Crippen LogP contribution in [-0.4, -0.2) is 56.9 Å². The highest BCUT2D eigenvalue weighted by molar-refractivity contribution is 7.98. The van der Waals surface area contributed by atoms with Crippen molar-refractivity contribution in [1.82, 2.24) is 24.6 Å². The van der Waals surface area contributed by atoms with E-state index < -0.39 is 0 Å². The Hall–Kier alpha value is -3.49. The van der Waals surface area contributed by atoms with Crippen LogP contribution in [0.4, 0.5) is 0 Å². The number of carbonyl (C=O) groups excluding carboxylic acids is 1. The molecule has 8 heteroatoms. The first-order valence-corrected chi connectivity index (χ1v) is 12.2. The van der Waals surface area contributed by atoms with Crippen molar-refractivity contribution in [2.24, 2.45) is 0 Å². The van der Waals surface area contributed by atoms with Gasteiger partial charge in [-0.05, 0) is 48.9 Å². The highest BCUT2D eigenvalue weighted by Crippen LogP contribution is 2.29. The molecule has 2 aromatic carbocycles.